The van der Waals surface area contributed by atoms with E-state index < -0.39 is 0 Å². The van der Waals surface area contributed by atoms with Crippen LogP contribution in [-0.4, -0.2) is 22.8 Å². The summed E-state index contributed by atoms with van der Waals surface area (Å²) in [5.41, 5.74) is 2.10. The van der Waals surface area contributed by atoms with Gasteiger partial charge in [-0.05, 0) is 47.2 Å². The van der Waals surface area contributed by atoms with Crippen LogP contribution in [-0.2, 0) is 9.59 Å². The van der Waals surface area contributed by atoms with Gasteiger partial charge in [0.05, 0.1) is 5.69 Å². The van der Waals surface area contributed by atoms with E-state index in [1.54, 1.807) is 11.8 Å². The molecule has 1 saturated heterocycles. The standard InChI is InChI=1S/C13H14INO2S/c1-8-3-4-11(14)12(5-8)15-7-10(6-13(15)17)18-9(2)16/h3-5,10H,6-7H2,1-2H3. The van der Waals surface area contributed by atoms with Crippen LogP contribution in [0.25, 0.3) is 0 Å². The van der Waals surface area contributed by atoms with Gasteiger partial charge in [-0.1, -0.05) is 17.8 Å². The molecule has 1 aliphatic heterocycles. The number of aryl methyl sites for hydroxylation is 1. The number of thioether (sulfide) groups is 1. The molecule has 1 unspecified atom stereocenters. The van der Waals surface area contributed by atoms with Crippen LogP contribution in [0.4, 0.5) is 5.69 Å². The van der Waals surface area contributed by atoms with Crippen LogP contribution in [0.1, 0.15) is 18.9 Å². The third-order valence-corrected chi connectivity index (χ3v) is 4.71. The number of nitrogens with zero attached hydrogens (tertiary/aromatic N) is 1. The van der Waals surface area contributed by atoms with Crippen LogP contribution < -0.4 is 4.90 Å². The zero-order valence-corrected chi connectivity index (χ0v) is 13.2. The molecule has 5 heteroatoms. The maximum absolute atomic E-state index is 12.0. The van der Waals surface area contributed by atoms with Gasteiger partial charge >= 0.3 is 0 Å². The molecule has 0 aromatic heterocycles. The van der Waals surface area contributed by atoms with E-state index in [2.05, 4.69) is 22.6 Å². The quantitative estimate of drug-likeness (QED) is 0.746. The van der Waals surface area contributed by atoms with Crippen molar-refractivity contribution < 1.29 is 9.59 Å². The first-order chi connectivity index (χ1) is 8.47. The van der Waals surface area contributed by atoms with Gasteiger partial charge in [-0.15, -0.1) is 0 Å². The van der Waals surface area contributed by atoms with Gasteiger partial charge in [0.25, 0.3) is 0 Å². The van der Waals surface area contributed by atoms with Gasteiger partial charge in [0, 0.05) is 28.7 Å². The molecule has 2 rings (SSSR count). The summed E-state index contributed by atoms with van der Waals surface area (Å²) in [6.07, 6.45) is 0.453. The second-order valence-electron chi connectivity index (χ2n) is 4.39. The summed E-state index contributed by atoms with van der Waals surface area (Å²) in [6.45, 7) is 4.19. The highest BCUT2D eigenvalue weighted by molar-refractivity contribution is 14.1. The summed E-state index contributed by atoms with van der Waals surface area (Å²) in [5.74, 6) is 0.109. The maximum Gasteiger partial charge on any atom is 0.228 e. The highest BCUT2D eigenvalue weighted by Gasteiger charge is 2.32. The summed E-state index contributed by atoms with van der Waals surface area (Å²) in [4.78, 5) is 24.9. The molecule has 3 nitrogen and oxygen atoms in total. The van der Waals surface area contributed by atoms with E-state index in [1.807, 2.05) is 25.1 Å². The minimum Gasteiger partial charge on any atom is -0.310 e. The Bertz CT molecular complexity index is 504. The summed E-state index contributed by atoms with van der Waals surface area (Å²) < 4.78 is 1.07. The first-order valence-electron chi connectivity index (χ1n) is 5.71. The lowest BCUT2D eigenvalue weighted by molar-refractivity contribution is -0.117. The lowest BCUT2D eigenvalue weighted by Crippen LogP contribution is -2.25. The average Bonchev–Trinajstić information content (AvgIpc) is 2.62. The summed E-state index contributed by atoms with van der Waals surface area (Å²) in [7, 11) is 0. The highest BCUT2D eigenvalue weighted by Crippen LogP contribution is 2.31. The van der Waals surface area contributed by atoms with Crippen molar-refractivity contribution in [3.8, 4) is 0 Å². The fourth-order valence-electron chi connectivity index (χ4n) is 2.05. The Balaban J connectivity index is 2.21. The van der Waals surface area contributed by atoms with Crippen LogP contribution in [0.2, 0.25) is 0 Å². The molecule has 0 bridgehead atoms. The van der Waals surface area contributed by atoms with Gasteiger partial charge in [-0.3, -0.25) is 9.59 Å². The normalized spacial score (nSPS) is 19.4. The number of amides is 1. The second-order valence-corrected chi connectivity index (χ2v) is 7.03. The van der Waals surface area contributed by atoms with Crippen molar-refractivity contribution in [1.82, 2.24) is 0 Å². The van der Waals surface area contributed by atoms with Gasteiger partial charge in [-0.2, -0.15) is 0 Å². The van der Waals surface area contributed by atoms with Gasteiger partial charge in [-0.25, -0.2) is 0 Å². The SMILES string of the molecule is CC(=O)SC1CC(=O)N(c2cc(C)ccc2I)C1. The van der Waals surface area contributed by atoms with Crippen LogP contribution in [0.15, 0.2) is 18.2 Å². The predicted molar refractivity (Wildman–Crippen MR) is 82.9 cm³/mol. The molecule has 1 atom stereocenters. The van der Waals surface area contributed by atoms with E-state index in [-0.39, 0.29) is 16.3 Å². The molecule has 96 valence electrons. The highest BCUT2D eigenvalue weighted by atomic mass is 127. The molecular formula is C13H14INO2S. The van der Waals surface area contributed by atoms with Crippen LogP contribution in [0.5, 0.6) is 0 Å². The van der Waals surface area contributed by atoms with Crippen LogP contribution in [0, 0.1) is 10.5 Å². The van der Waals surface area contributed by atoms with Crippen LogP contribution in [0.3, 0.4) is 0 Å². The molecule has 1 amide bonds. The molecule has 1 aromatic carbocycles. The molecule has 0 aliphatic carbocycles. The summed E-state index contributed by atoms with van der Waals surface area (Å²) >= 11 is 3.51. The maximum atomic E-state index is 12.0. The van der Waals surface area contributed by atoms with E-state index >= 15 is 0 Å². The Kier molecular flexibility index (Phi) is 4.32. The lowest BCUT2D eigenvalue weighted by atomic mass is 10.2. The number of anilines is 1. The van der Waals surface area contributed by atoms with Gasteiger partial charge in [0.2, 0.25) is 5.91 Å². The third-order valence-electron chi connectivity index (χ3n) is 2.81. The van der Waals surface area contributed by atoms with Crippen molar-refractivity contribution in [2.75, 3.05) is 11.4 Å². The van der Waals surface area contributed by atoms with E-state index in [9.17, 15) is 9.59 Å². The zero-order valence-electron chi connectivity index (χ0n) is 10.3. The van der Waals surface area contributed by atoms with Crippen molar-refractivity contribution in [1.29, 1.82) is 0 Å². The molecule has 1 aliphatic rings. The molecule has 1 fully saturated rings. The lowest BCUT2D eigenvalue weighted by Gasteiger charge is -2.18. The first-order valence-corrected chi connectivity index (χ1v) is 7.67. The Morgan fingerprint density at radius 1 is 1.50 bits per heavy atom. The summed E-state index contributed by atoms with van der Waals surface area (Å²) in [6, 6.07) is 6.08. The third kappa shape index (κ3) is 3.06. The van der Waals surface area contributed by atoms with E-state index in [4.69, 9.17) is 0 Å². The van der Waals surface area contributed by atoms with Crippen molar-refractivity contribution >= 4 is 51.1 Å². The monoisotopic (exact) mass is 375 g/mol. The fraction of sp³-hybridized carbons (Fsp3) is 0.385. The second kappa shape index (κ2) is 5.61. The average molecular weight is 375 g/mol. The number of rotatable bonds is 2. The van der Waals surface area contributed by atoms with E-state index in [1.165, 1.54) is 11.8 Å². The Morgan fingerprint density at radius 2 is 2.22 bits per heavy atom. The minimum absolute atomic E-state index is 0.0774. The minimum atomic E-state index is 0.0774. The number of hydrogen-bond acceptors (Lipinski definition) is 3. The molecule has 1 aromatic rings. The molecule has 18 heavy (non-hydrogen) atoms. The van der Waals surface area contributed by atoms with E-state index in [0.717, 1.165) is 14.8 Å². The predicted octanol–water partition coefficient (Wildman–Crippen LogP) is 2.98. The molecule has 0 N–H and O–H groups in total. The zero-order chi connectivity index (χ0) is 13.3. The smallest absolute Gasteiger partial charge is 0.228 e. The van der Waals surface area contributed by atoms with Gasteiger partial charge in [0.15, 0.2) is 5.12 Å². The Labute approximate surface area is 124 Å². The molecule has 1 heterocycles. The molecule has 0 radical (unpaired) electrons. The molecular weight excluding hydrogens is 361 g/mol. The van der Waals surface area contributed by atoms with E-state index in [0.29, 0.717) is 13.0 Å². The number of benzene rings is 1. The summed E-state index contributed by atoms with van der Waals surface area (Å²) in [5, 5.41) is 0.167. The van der Waals surface area contributed by atoms with Crippen molar-refractivity contribution in [3.63, 3.8) is 0 Å². The van der Waals surface area contributed by atoms with Crippen molar-refractivity contribution in [2.24, 2.45) is 0 Å². The topological polar surface area (TPSA) is 37.4 Å². The fourth-order valence-corrected chi connectivity index (χ4v) is 3.60. The number of carbonyl (C=O) groups is 2. The van der Waals surface area contributed by atoms with Crippen LogP contribution >= 0.6 is 34.4 Å². The van der Waals surface area contributed by atoms with Crippen molar-refractivity contribution in [3.05, 3.63) is 27.3 Å². The number of carbonyl (C=O) groups excluding carboxylic acids is 2. The Hall–Kier alpha value is -0.560. The Morgan fingerprint density at radius 3 is 2.89 bits per heavy atom. The molecule has 0 saturated carbocycles. The largest absolute Gasteiger partial charge is 0.310 e. The number of hydrogen-bond donors (Lipinski definition) is 0. The van der Waals surface area contributed by atoms with Gasteiger partial charge < -0.3 is 4.90 Å². The first kappa shape index (κ1) is 13.9. The van der Waals surface area contributed by atoms with Crippen molar-refractivity contribution in [2.45, 2.75) is 25.5 Å². The number of halogens is 1. The molecule has 0 spiro atoms. The van der Waals surface area contributed by atoms with Gasteiger partial charge in [0.1, 0.15) is 0 Å².